The summed E-state index contributed by atoms with van der Waals surface area (Å²) in [7, 11) is 1.83. The molecule has 0 spiro atoms. The fraction of sp³-hybridized carbons (Fsp3) is 0.577. The molecule has 9 nitrogen and oxygen atoms in total. The van der Waals surface area contributed by atoms with Gasteiger partial charge in [-0.1, -0.05) is 15.8 Å². The maximum atomic E-state index is 13.0. The van der Waals surface area contributed by atoms with E-state index in [1.54, 1.807) is 0 Å². The molecule has 11 heteroatoms. The third kappa shape index (κ3) is 6.97. The number of halogens is 2. The molecule has 0 aromatic carbocycles. The van der Waals surface area contributed by atoms with Gasteiger partial charge < -0.3 is 15.4 Å². The predicted molar refractivity (Wildman–Crippen MR) is 136 cm³/mol. The summed E-state index contributed by atoms with van der Waals surface area (Å²) in [5, 5.41) is 18.2. The molecule has 0 saturated heterocycles. The van der Waals surface area contributed by atoms with Crippen molar-refractivity contribution in [2.45, 2.75) is 64.3 Å². The lowest BCUT2D eigenvalue weighted by molar-refractivity contribution is -0.896. The number of unbranched alkanes of at least 4 members (excludes halogenated alkanes) is 1. The van der Waals surface area contributed by atoms with E-state index in [0.717, 1.165) is 60.2 Å². The molecule has 37 heavy (non-hydrogen) atoms. The van der Waals surface area contributed by atoms with Crippen molar-refractivity contribution in [1.82, 2.24) is 19.4 Å². The van der Waals surface area contributed by atoms with Crippen LogP contribution in [0.15, 0.2) is 18.5 Å². The predicted octanol–water partition coefficient (Wildman–Crippen LogP) is 0.972. The summed E-state index contributed by atoms with van der Waals surface area (Å²) in [6.07, 6.45) is 5.74. The Hall–Kier alpha value is -3.21. The van der Waals surface area contributed by atoms with Gasteiger partial charge in [-0.3, -0.25) is 10.1 Å². The molecule has 4 heterocycles. The van der Waals surface area contributed by atoms with E-state index in [2.05, 4.69) is 27.8 Å². The van der Waals surface area contributed by atoms with Crippen molar-refractivity contribution >= 4 is 23.6 Å². The van der Waals surface area contributed by atoms with Crippen molar-refractivity contribution in [3.05, 3.63) is 40.4 Å². The van der Waals surface area contributed by atoms with Gasteiger partial charge in [0.2, 0.25) is 12.6 Å². The van der Waals surface area contributed by atoms with Crippen molar-refractivity contribution in [2.75, 3.05) is 43.9 Å². The van der Waals surface area contributed by atoms with E-state index in [1.807, 2.05) is 22.7 Å². The second-order valence-electron chi connectivity index (χ2n) is 9.83. The average molecular weight is 518 g/mol. The number of anilines is 2. The summed E-state index contributed by atoms with van der Waals surface area (Å²) < 4.78 is 28.6. The summed E-state index contributed by atoms with van der Waals surface area (Å²) in [4.78, 5) is 23.3. The van der Waals surface area contributed by atoms with Crippen molar-refractivity contribution in [1.29, 1.82) is 0 Å². The number of aromatic nitrogens is 3. The number of ketones is 1. The van der Waals surface area contributed by atoms with E-state index in [9.17, 15) is 18.8 Å². The molecule has 0 saturated carbocycles. The maximum absolute atomic E-state index is 13.0. The zero-order chi connectivity index (χ0) is 26.4. The summed E-state index contributed by atoms with van der Waals surface area (Å²) in [6, 6.07) is 3.66. The van der Waals surface area contributed by atoms with Gasteiger partial charge in [0.25, 0.3) is 11.7 Å². The minimum absolute atomic E-state index is 0.0857. The molecule has 200 valence electrons. The molecule has 3 N–H and O–H groups in total. The van der Waals surface area contributed by atoms with E-state index in [-0.39, 0.29) is 18.7 Å². The minimum Gasteiger partial charge on any atom is -0.371 e. The quantitative estimate of drug-likeness (QED) is 0.195. The Balaban J connectivity index is 1.32. The summed E-state index contributed by atoms with van der Waals surface area (Å²) in [6.45, 7) is 3.88. The summed E-state index contributed by atoms with van der Waals surface area (Å²) >= 11 is 0. The maximum Gasteiger partial charge on any atom is 0.336 e. The SMILES string of the molecule is CC(=O)[C@H](CCN(CCCCc1ccc2c(n1)NCCC2)CCC(F)F)Nc1c2c(nc[n+]1O)=C[N+]=2C. The largest absolute Gasteiger partial charge is 0.371 e. The van der Waals surface area contributed by atoms with E-state index >= 15 is 0 Å². The lowest BCUT2D eigenvalue weighted by atomic mass is 10.1. The summed E-state index contributed by atoms with van der Waals surface area (Å²) in [5.41, 5.74) is 2.31. The van der Waals surface area contributed by atoms with E-state index in [0.29, 0.717) is 30.7 Å². The zero-order valence-corrected chi connectivity index (χ0v) is 21.6. The van der Waals surface area contributed by atoms with Crippen molar-refractivity contribution < 1.29 is 23.5 Å². The van der Waals surface area contributed by atoms with Gasteiger partial charge in [0.05, 0.1) is 0 Å². The third-order valence-corrected chi connectivity index (χ3v) is 6.98. The number of aryl methyl sites for hydroxylation is 2. The first-order valence-electron chi connectivity index (χ1n) is 13.0. The lowest BCUT2D eigenvalue weighted by Gasteiger charge is -2.24. The van der Waals surface area contributed by atoms with Crippen LogP contribution in [0, 0.1) is 0 Å². The molecular formula is C26H37F2N7O2+2. The van der Waals surface area contributed by atoms with Crippen molar-refractivity contribution in [3.63, 3.8) is 0 Å². The fourth-order valence-corrected chi connectivity index (χ4v) is 4.84. The number of hydrogen-bond acceptors (Lipinski definition) is 7. The first-order chi connectivity index (χ1) is 17.8. The highest BCUT2D eigenvalue weighted by Crippen LogP contribution is 2.20. The van der Waals surface area contributed by atoms with Crippen LogP contribution >= 0.6 is 0 Å². The summed E-state index contributed by atoms with van der Waals surface area (Å²) in [5.74, 6) is 1.29. The van der Waals surface area contributed by atoms with E-state index in [4.69, 9.17) is 4.98 Å². The number of Topliss-reactive ketones (excluding diaryl/α,β-unsaturated/α-hetero) is 1. The fourth-order valence-electron chi connectivity index (χ4n) is 4.84. The molecule has 0 amide bonds. The van der Waals surface area contributed by atoms with Crippen LogP contribution in [0.1, 0.15) is 50.3 Å². The van der Waals surface area contributed by atoms with Crippen LogP contribution in [0.2, 0.25) is 0 Å². The molecule has 0 aliphatic carbocycles. The number of hydrogen-bond donors (Lipinski definition) is 3. The Morgan fingerprint density at radius 2 is 2.05 bits per heavy atom. The van der Waals surface area contributed by atoms with Crippen LogP contribution < -0.4 is 30.6 Å². The van der Waals surface area contributed by atoms with Gasteiger partial charge in [0, 0.05) is 38.2 Å². The molecule has 1 atom stereocenters. The second-order valence-corrected chi connectivity index (χ2v) is 9.83. The normalized spacial score (nSPS) is 14.9. The molecule has 0 radical (unpaired) electrons. The number of pyridine rings is 1. The average Bonchev–Trinajstić information content (AvgIpc) is 2.87. The number of rotatable bonds is 14. The molecule has 0 fully saturated rings. The first-order valence-corrected chi connectivity index (χ1v) is 13.0. The first kappa shape index (κ1) is 26.8. The molecule has 0 unspecified atom stereocenters. The highest BCUT2D eigenvalue weighted by Gasteiger charge is 2.30. The Morgan fingerprint density at radius 1 is 1.24 bits per heavy atom. The van der Waals surface area contributed by atoms with Gasteiger partial charge in [0.15, 0.2) is 5.78 Å². The standard InChI is InChI=1S/C26H36F2N7O2/c1-18(36)21(32-26-24-22(16-33(24)2)30-17-35(26)37)10-14-34(15-11-23(27)28)13-4-3-7-20-9-8-19-6-5-12-29-25(19)31-20/h8-9,16-17,21,23,37H,3-7,10-15H2,1-2H3,(H,29,31)/q+1/p+1/t21-/m0/s1. The zero-order valence-electron chi connectivity index (χ0n) is 21.6. The molecule has 0 bridgehead atoms. The molecular weight excluding hydrogens is 480 g/mol. The van der Waals surface area contributed by atoms with Gasteiger partial charge >= 0.3 is 11.2 Å². The van der Waals surface area contributed by atoms with Crippen LogP contribution in [0.25, 0.3) is 6.20 Å². The topological polar surface area (TPSA) is 97.3 Å². The van der Waals surface area contributed by atoms with Gasteiger partial charge in [0.1, 0.15) is 18.9 Å². The Morgan fingerprint density at radius 3 is 2.81 bits per heavy atom. The number of nitrogens with zero attached hydrogens (tertiary/aromatic N) is 5. The van der Waals surface area contributed by atoms with Crippen LogP contribution in [-0.2, 0) is 17.6 Å². The number of carbonyl (C=O) groups excluding carboxylic acids is 1. The lowest BCUT2D eigenvalue weighted by Crippen LogP contribution is -2.57. The molecule has 2 aromatic rings. The van der Waals surface area contributed by atoms with Gasteiger partial charge in [-0.15, -0.1) is 0 Å². The highest BCUT2D eigenvalue weighted by atomic mass is 19.3. The molecule has 2 aromatic heterocycles. The number of alkyl halides is 2. The molecule has 4 rings (SSSR count). The monoisotopic (exact) mass is 517 g/mol. The highest BCUT2D eigenvalue weighted by molar-refractivity contribution is 5.83. The van der Waals surface area contributed by atoms with Gasteiger partial charge in [-0.25, -0.2) is 13.8 Å². The van der Waals surface area contributed by atoms with Gasteiger partial charge in [-0.2, -0.15) is 4.58 Å². The van der Waals surface area contributed by atoms with Crippen molar-refractivity contribution in [3.8, 4) is 0 Å². The van der Waals surface area contributed by atoms with Crippen LogP contribution in [0.3, 0.4) is 0 Å². The number of fused-ring (bicyclic) bond motifs is 2. The Kier molecular flexibility index (Phi) is 8.96. The van der Waals surface area contributed by atoms with E-state index < -0.39 is 12.5 Å². The third-order valence-electron chi connectivity index (χ3n) is 6.98. The minimum atomic E-state index is -2.37. The van der Waals surface area contributed by atoms with Gasteiger partial charge in [-0.05, 0) is 57.2 Å². The second kappa shape index (κ2) is 12.4. The Bertz CT molecular complexity index is 1240. The van der Waals surface area contributed by atoms with Crippen molar-refractivity contribution in [2.24, 2.45) is 0 Å². The van der Waals surface area contributed by atoms with E-state index in [1.165, 1.54) is 18.8 Å². The molecule has 2 aliphatic rings. The van der Waals surface area contributed by atoms with Crippen LogP contribution in [0.5, 0.6) is 0 Å². The number of carbonyl (C=O) groups is 1. The smallest absolute Gasteiger partial charge is 0.336 e. The molecule has 2 aliphatic heterocycles. The van der Waals surface area contributed by atoms with Crippen LogP contribution in [0.4, 0.5) is 20.4 Å². The van der Waals surface area contributed by atoms with Crippen LogP contribution in [-0.4, -0.2) is 71.6 Å². The Labute approximate surface area is 215 Å². The number of nitrogens with one attached hydrogen (secondary N) is 2.